The molecule has 0 heterocycles. The second-order valence-electron chi connectivity index (χ2n) is 4.99. The molecular weight excluding hydrogens is 346 g/mol. The van der Waals surface area contributed by atoms with Crippen molar-refractivity contribution in [1.82, 2.24) is 4.90 Å². The lowest BCUT2D eigenvalue weighted by molar-refractivity contribution is -0.130. The number of carbonyl (C=O) groups is 1. The predicted molar refractivity (Wildman–Crippen MR) is 91.2 cm³/mol. The first-order chi connectivity index (χ1) is 10.6. The SMILES string of the molecule is CCN(CCO)C(=O)Cc1c(OC)ccc2cc(Br)ccc12. The summed E-state index contributed by atoms with van der Waals surface area (Å²) in [6.45, 7) is 2.82. The number of fused-ring (bicyclic) bond motifs is 1. The lowest BCUT2D eigenvalue weighted by Crippen LogP contribution is -2.34. The van der Waals surface area contributed by atoms with E-state index in [0.29, 0.717) is 18.8 Å². The van der Waals surface area contributed by atoms with Gasteiger partial charge >= 0.3 is 0 Å². The number of amides is 1. The first-order valence-electron chi connectivity index (χ1n) is 7.24. The van der Waals surface area contributed by atoms with E-state index in [2.05, 4.69) is 15.9 Å². The first-order valence-corrected chi connectivity index (χ1v) is 8.03. The Balaban J connectivity index is 2.42. The molecule has 4 nitrogen and oxygen atoms in total. The van der Waals surface area contributed by atoms with Gasteiger partial charge in [-0.1, -0.05) is 28.1 Å². The molecule has 2 aromatic rings. The standard InChI is InChI=1S/C17H20BrNO3/c1-3-19(8-9-20)17(21)11-15-14-6-5-13(18)10-12(14)4-7-16(15)22-2/h4-7,10,20H,3,8-9,11H2,1-2H3. The van der Waals surface area contributed by atoms with Gasteiger partial charge < -0.3 is 14.7 Å². The first kappa shape index (κ1) is 16.8. The van der Waals surface area contributed by atoms with Gasteiger partial charge in [0.15, 0.2) is 0 Å². The molecule has 0 aliphatic rings. The lowest BCUT2D eigenvalue weighted by Gasteiger charge is -2.21. The molecule has 0 saturated carbocycles. The smallest absolute Gasteiger partial charge is 0.227 e. The number of benzene rings is 2. The lowest BCUT2D eigenvalue weighted by atomic mass is 10.0. The minimum absolute atomic E-state index is 0.00901. The van der Waals surface area contributed by atoms with Crippen LogP contribution in [-0.4, -0.2) is 42.7 Å². The van der Waals surface area contributed by atoms with Gasteiger partial charge in [0.05, 0.1) is 20.1 Å². The van der Waals surface area contributed by atoms with Gasteiger partial charge in [0, 0.05) is 23.1 Å². The summed E-state index contributed by atoms with van der Waals surface area (Å²) in [6, 6.07) is 9.85. The molecule has 0 saturated heterocycles. The fourth-order valence-corrected chi connectivity index (χ4v) is 2.94. The monoisotopic (exact) mass is 365 g/mol. The number of aliphatic hydroxyl groups excluding tert-OH is 1. The molecule has 0 aliphatic heterocycles. The van der Waals surface area contributed by atoms with E-state index < -0.39 is 0 Å². The van der Waals surface area contributed by atoms with Crippen molar-refractivity contribution in [1.29, 1.82) is 0 Å². The van der Waals surface area contributed by atoms with Gasteiger partial charge in [0.2, 0.25) is 5.91 Å². The summed E-state index contributed by atoms with van der Waals surface area (Å²) in [4.78, 5) is 14.1. The third-order valence-electron chi connectivity index (χ3n) is 3.70. The van der Waals surface area contributed by atoms with Crippen LogP contribution < -0.4 is 4.74 Å². The summed E-state index contributed by atoms with van der Waals surface area (Å²) in [7, 11) is 1.61. The van der Waals surface area contributed by atoms with Crippen molar-refractivity contribution in [2.24, 2.45) is 0 Å². The van der Waals surface area contributed by atoms with E-state index >= 15 is 0 Å². The summed E-state index contributed by atoms with van der Waals surface area (Å²) < 4.78 is 6.42. The topological polar surface area (TPSA) is 49.8 Å². The van der Waals surface area contributed by atoms with Gasteiger partial charge in [-0.3, -0.25) is 4.79 Å². The molecule has 0 unspecified atom stereocenters. The van der Waals surface area contributed by atoms with Gasteiger partial charge in [-0.2, -0.15) is 0 Å². The summed E-state index contributed by atoms with van der Waals surface area (Å²) in [6.07, 6.45) is 0.260. The Morgan fingerprint density at radius 1 is 1.32 bits per heavy atom. The van der Waals surface area contributed by atoms with Crippen LogP contribution in [-0.2, 0) is 11.2 Å². The number of carbonyl (C=O) groups excluding carboxylic acids is 1. The molecule has 0 radical (unpaired) electrons. The fraction of sp³-hybridized carbons (Fsp3) is 0.353. The largest absolute Gasteiger partial charge is 0.496 e. The molecule has 5 heteroatoms. The molecule has 0 aromatic heterocycles. The fourth-order valence-electron chi connectivity index (χ4n) is 2.56. The zero-order valence-corrected chi connectivity index (χ0v) is 14.4. The highest BCUT2D eigenvalue weighted by Gasteiger charge is 2.17. The maximum absolute atomic E-state index is 12.5. The quantitative estimate of drug-likeness (QED) is 0.855. The summed E-state index contributed by atoms with van der Waals surface area (Å²) in [5.41, 5.74) is 0.883. The van der Waals surface area contributed by atoms with Gasteiger partial charge in [-0.15, -0.1) is 0 Å². The minimum Gasteiger partial charge on any atom is -0.496 e. The van der Waals surface area contributed by atoms with Crippen LogP contribution in [0.1, 0.15) is 12.5 Å². The Morgan fingerprint density at radius 3 is 2.73 bits per heavy atom. The number of ether oxygens (including phenoxy) is 1. The van der Waals surface area contributed by atoms with Crippen LogP contribution in [0.4, 0.5) is 0 Å². The van der Waals surface area contributed by atoms with Crippen molar-refractivity contribution < 1.29 is 14.6 Å². The van der Waals surface area contributed by atoms with Crippen LogP contribution in [0, 0.1) is 0 Å². The van der Waals surface area contributed by atoms with Crippen molar-refractivity contribution in [2.45, 2.75) is 13.3 Å². The van der Waals surface area contributed by atoms with Crippen molar-refractivity contribution in [3.63, 3.8) is 0 Å². The molecule has 0 fully saturated rings. The molecule has 118 valence electrons. The second-order valence-corrected chi connectivity index (χ2v) is 5.90. The van der Waals surface area contributed by atoms with Crippen molar-refractivity contribution >= 4 is 32.6 Å². The number of hydrogen-bond acceptors (Lipinski definition) is 3. The van der Waals surface area contributed by atoms with Crippen LogP contribution in [0.15, 0.2) is 34.8 Å². The maximum Gasteiger partial charge on any atom is 0.227 e. The number of rotatable bonds is 6. The van der Waals surface area contributed by atoms with Crippen LogP contribution in [0.25, 0.3) is 10.8 Å². The molecule has 2 aromatic carbocycles. The van der Waals surface area contributed by atoms with E-state index in [1.54, 1.807) is 12.0 Å². The Morgan fingerprint density at radius 2 is 2.09 bits per heavy atom. The van der Waals surface area contributed by atoms with Crippen molar-refractivity contribution in [3.05, 3.63) is 40.4 Å². The Bertz CT molecular complexity index is 672. The zero-order valence-electron chi connectivity index (χ0n) is 12.8. The summed E-state index contributed by atoms with van der Waals surface area (Å²) >= 11 is 3.46. The van der Waals surface area contributed by atoms with Gasteiger partial charge in [-0.25, -0.2) is 0 Å². The van der Waals surface area contributed by atoms with Gasteiger partial charge in [0.1, 0.15) is 5.75 Å². The average Bonchev–Trinajstić information content (AvgIpc) is 2.52. The summed E-state index contributed by atoms with van der Waals surface area (Å²) in [5, 5.41) is 11.1. The average molecular weight is 366 g/mol. The van der Waals surface area contributed by atoms with E-state index in [1.165, 1.54) is 0 Å². The maximum atomic E-state index is 12.5. The molecule has 1 N–H and O–H groups in total. The highest BCUT2D eigenvalue weighted by atomic mass is 79.9. The van der Waals surface area contributed by atoms with Crippen molar-refractivity contribution in [3.8, 4) is 5.75 Å². The van der Waals surface area contributed by atoms with E-state index in [4.69, 9.17) is 9.84 Å². The molecule has 1 amide bonds. The number of halogens is 1. The molecule has 0 spiro atoms. The highest BCUT2D eigenvalue weighted by molar-refractivity contribution is 9.10. The Kier molecular flexibility index (Phi) is 5.80. The molecule has 2 rings (SSSR count). The van der Waals surface area contributed by atoms with E-state index in [9.17, 15) is 4.79 Å². The molecular formula is C17H20BrNO3. The third kappa shape index (κ3) is 3.59. The van der Waals surface area contributed by atoms with E-state index in [0.717, 1.165) is 20.8 Å². The van der Waals surface area contributed by atoms with Crippen molar-refractivity contribution in [2.75, 3.05) is 26.8 Å². The second kappa shape index (κ2) is 7.61. The number of hydrogen-bond donors (Lipinski definition) is 1. The Labute approximate surface area is 138 Å². The Hall–Kier alpha value is -1.59. The van der Waals surface area contributed by atoms with Gasteiger partial charge in [0.25, 0.3) is 0 Å². The number of nitrogens with zero attached hydrogens (tertiary/aromatic N) is 1. The zero-order chi connectivity index (χ0) is 16.1. The predicted octanol–water partition coefficient (Wildman–Crippen LogP) is 2.99. The minimum atomic E-state index is -0.0286. The van der Waals surface area contributed by atoms with Crippen LogP contribution >= 0.6 is 15.9 Å². The van der Waals surface area contributed by atoms with E-state index in [-0.39, 0.29) is 18.9 Å². The highest BCUT2D eigenvalue weighted by Crippen LogP contribution is 2.30. The molecule has 0 atom stereocenters. The third-order valence-corrected chi connectivity index (χ3v) is 4.20. The summed E-state index contributed by atoms with van der Waals surface area (Å²) in [5.74, 6) is 0.702. The number of methoxy groups -OCH3 is 1. The van der Waals surface area contributed by atoms with Gasteiger partial charge in [-0.05, 0) is 35.9 Å². The molecule has 0 aliphatic carbocycles. The van der Waals surface area contributed by atoms with Crippen LogP contribution in [0.2, 0.25) is 0 Å². The van der Waals surface area contributed by atoms with E-state index in [1.807, 2.05) is 37.3 Å². The number of likely N-dealkylation sites (N-methyl/N-ethyl adjacent to an activating group) is 1. The normalized spacial score (nSPS) is 10.7. The van der Waals surface area contributed by atoms with Crippen LogP contribution in [0.5, 0.6) is 5.75 Å². The molecule has 0 bridgehead atoms. The van der Waals surface area contributed by atoms with Crippen LogP contribution in [0.3, 0.4) is 0 Å². The number of aliphatic hydroxyl groups is 1. The molecule has 22 heavy (non-hydrogen) atoms.